The third-order valence-corrected chi connectivity index (χ3v) is 5.57. The number of hydrogen-bond acceptors (Lipinski definition) is 5. The van der Waals surface area contributed by atoms with Gasteiger partial charge in [0.1, 0.15) is 17.5 Å². The minimum atomic E-state index is -4.43. The lowest BCUT2D eigenvalue weighted by Gasteiger charge is -2.29. The summed E-state index contributed by atoms with van der Waals surface area (Å²) in [6.07, 6.45) is -1.14. The number of amides is 1. The lowest BCUT2D eigenvalue weighted by Crippen LogP contribution is -2.39. The molecule has 0 atom stereocenters. The number of carbonyl (C=O) groups excluding carboxylic acids is 1. The zero-order valence-corrected chi connectivity index (χ0v) is 17.9. The van der Waals surface area contributed by atoms with E-state index < -0.39 is 11.7 Å². The van der Waals surface area contributed by atoms with Crippen molar-refractivity contribution in [2.75, 3.05) is 7.11 Å². The van der Waals surface area contributed by atoms with E-state index >= 15 is 0 Å². The van der Waals surface area contributed by atoms with Crippen LogP contribution in [0.5, 0.6) is 11.6 Å². The Morgan fingerprint density at radius 3 is 2.55 bits per heavy atom. The first-order valence-electron chi connectivity index (χ1n) is 10.5. The molecule has 0 unspecified atom stereocenters. The molecule has 2 heterocycles. The third kappa shape index (κ3) is 5.44. The van der Waals surface area contributed by atoms with Crippen molar-refractivity contribution in [2.24, 2.45) is 0 Å². The minimum Gasteiger partial charge on any atom is -0.496 e. The zero-order valence-electron chi connectivity index (χ0n) is 17.9. The number of methoxy groups -OCH3 is 1. The van der Waals surface area contributed by atoms with Gasteiger partial charge in [-0.2, -0.15) is 18.3 Å². The quantitative estimate of drug-likeness (QED) is 0.561. The number of pyridine rings is 1. The van der Waals surface area contributed by atoms with E-state index in [1.165, 1.54) is 6.07 Å². The molecule has 3 aromatic rings. The fourth-order valence-corrected chi connectivity index (χ4v) is 3.81. The van der Waals surface area contributed by atoms with E-state index in [4.69, 9.17) is 9.47 Å². The van der Waals surface area contributed by atoms with Crippen LogP contribution in [0.4, 0.5) is 13.2 Å². The molecule has 1 fully saturated rings. The first kappa shape index (κ1) is 22.6. The molecule has 0 bridgehead atoms. The number of nitrogens with one attached hydrogen (secondary N) is 2. The molecule has 1 aromatic carbocycles. The summed E-state index contributed by atoms with van der Waals surface area (Å²) in [6.45, 7) is 0. The second kappa shape index (κ2) is 9.51. The van der Waals surface area contributed by atoms with Crippen LogP contribution in [0, 0.1) is 0 Å². The number of aromatic amines is 1. The van der Waals surface area contributed by atoms with Crippen LogP contribution in [0.2, 0.25) is 0 Å². The number of aromatic nitrogens is 3. The Balaban J connectivity index is 1.29. The fraction of sp³-hybridized carbons (Fsp3) is 0.348. The molecule has 0 aliphatic heterocycles. The monoisotopic (exact) mass is 460 g/mol. The molecule has 1 aliphatic carbocycles. The van der Waals surface area contributed by atoms with Gasteiger partial charge in [0.15, 0.2) is 0 Å². The maximum atomic E-state index is 12.7. The molecule has 0 saturated heterocycles. The van der Waals surface area contributed by atoms with E-state index in [0.717, 1.165) is 17.8 Å². The maximum Gasteiger partial charge on any atom is 0.417 e. The van der Waals surface area contributed by atoms with Crippen molar-refractivity contribution < 1.29 is 27.4 Å². The molecule has 2 aromatic heterocycles. The standard InChI is InChI=1S/C23H23F3N4O3/c1-32-20-5-3-2-4-17(20)18-12-19(30-29-18)22(31)28-15-7-9-16(10-8-15)33-21-11-6-14(13-27-21)23(24,25)26/h2-6,11-13,15-16H,7-10H2,1H3,(H,28,31)(H,29,30). The van der Waals surface area contributed by atoms with Gasteiger partial charge in [-0.15, -0.1) is 0 Å². The predicted octanol–water partition coefficient (Wildman–Crippen LogP) is 4.62. The number of nitrogens with zero attached hydrogens (tertiary/aromatic N) is 2. The van der Waals surface area contributed by atoms with Crippen LogP contribution >= 0.6 is 0 Å². The second-order valence-electron chi connectivity index (χ2n) is 7.81. The Morgan fingerprint density at radius 1 is 1.12 bits per heavy atom. The minimum absolute atomic E-state index is 0.0316. The Labute approximate surface area is 188 Å². The maximum absolute atomic E-state index is 12.7. The highest BCUT2D eigenvalue weighted by Crippen LogP contribution is 2.31. The van der Waals surface area contributed by atoms with E-state index in [0.29, 0.717) is 42.8 Å². The number of H-pyrrole nitrogens is 1. The number of alkyl halides is 3. The highest BCUT2D eigenvalue weighted by molar-refractivity contribution is 5.93. The van der Waals surface area contributed by atoms with Crippen LogP contribution < -0.4 is 14.8 Å². The summed E-state index contributed by atoms with van der Waals surface area (Å²) >= 11 is 0. The van der Waals surface area contributed by atoms with Crippen molar-refractivity contribution >= 4 is 5.91 Å². The molecule has 4 rings (SSSR count). The van der Waals surface area contributed by atoms with Gasteiger partial charge in [0.05, 0.1) is 18.4 Å². The summed E-state index contributed by atoms with van der Waals surface area (Å²) in [4.78, 5) is 16.4. The molecule has 7 nitrogen and oxygen atoms in total. The molecular weight excluding hydrogens is 437 g/mol. The van der Waals surface area contributed by atoms with Gasteiger partial charge in [-0.1, -0.05) is 12.1 Å². The van der Waals surface area contributed by atoms with Gasteiger partial charge in [-0.05, 0) is 49.9 Å². The van der Waals surface area contributed by atoms with E-state index in [1.54, 1.807) is 13.2 Å². The van der Waals surface area contributed by atoms with Gasteiger partial charge in [-0.3, -0.25) is 9.89 Å². The van der Waals surface area contributed by atoms with Crippen molar-refractivity contribution in [3.8, 4) is 22.9 Å². The van der Waals surface area contributed by atoms with E-state index in [1.807, 2.05) is 24.3 Å². The Kier molecular flexibility index (Phi) is 6.52. The van der Waals surface area contributed by atoms with Gasteiger partial charge in [0.25, 0.3) is 5.91 Å². The largest absolute Gasteiger partial charge is 0.496 e. The lowest BCUT2D eigenvalue weighted by molar-refractivity contribution is -0.137. The molecule has 1 aliphatic rings. The SMILES string of the molecule is COc1ccccc1-c1cc(C(=O)NC2CCC(Oc3ccc(C(F)(F)F)cn3)CC2)[nH]n1. The molecule has 1 saturated carbocycles. The summed E-state index contributed by atoms with van der Waals surface area (Å²) in [5, 5.41) is 10.00. The number of rotatable bonds is 6. The highest BCUT2D eigenvalue weighted by Gasteiger charge is 2.31. The second-order valence-corrected chi connectivity index (χ2v) is 7.81. The number of halogens is 3. The topological polar surface area (TPSA) is 89.1 Å². The van der Waals surface area contributed by atoms with E-state index in [2.05, 4.69) is 20.5 Å². The van der Waals surface area contributed by atoms with Crippen molar-refractivity contribution in [1.29, 1.82) is 0 Å². The molecule has 0 radical (unpaired) electrons. The van der Waals surface area contributed by atoms with Crippen molar-refractivity contribution in [3.63, 3.8) is 0 Å². The summed E-state index contributed by atoms with van der Waals surface area (Å²) in [6, 6.07) is 11.2. The summed E-state index contributed by atoms with van der Waals surface area (Å²) in [7, 11) is 1.58. The molecule has 1 amide bonds. The van der Waals surface area contributed by atoms with Crippen LogP contribution in [0.3, 0.4) is 0 Å². The van der Waals surface area contributed by atoms with Gasteiger partial charge in [0, 0.05) is 23.9 Å². The van der Waals surface area contributed by atoms with Gasteiger partial charge >= 0.3 is 6.18 Å². The van der Waals surface area contributed by atoms with E-state index in [-0.39, 0.29) is 23.9 Å². The molecular formula is C23H23F3N4O3. The average molecular weight is 460 g/mol. The zero-order chi connectivity index (χ0) is 23.4. The van der Waals surface area contributed by atoms with Crippen LogP contribution in [-0.4, -0.2) is 40.3 Å². The molecule has 2 N–H and O–H groups in total. The third-order valence-electron chi connectivity index (χ3n) is 5.57. The van der Waals surface area contributed by atoms with Crippen LogP contribution in [0.1, 0.15) is 41.7 Å². The van der Waals surface area contributed by atoms with Crippen molar-refractivity contribution in [2.45, 2.75) is 44.0 Å². The Hall–Kier alpha value is -3.56. The van der Waals surface area contributed by atoms with Crippen molar-refractivity contribution in [3.05, 3.63) is 59.9 Å². The Bertz CT molecular complexity index is 1090. The first-order valence-corrected chi connectivity index (χ1v) is 10.5. The number of carbonyl (C=O) groups is 1. The van der Waals surface area contributed by atoms with Crippen LogP contribution in [-0.2, 0) is 6.18 Å². The van der Waals surface area contributed by atoms with Crippen LogP contribution in [0.25, 0.3) is 11.3 Å². The first-order chi connectivity index (χ1) is 15.8. The van der Waals surface area contributed by atoms with E-state index in [9.17, 15) is 18.0 Å². The predicted molar refractivity (Wildman–Crippen MR) is 114 cm³/mol. The average Bonchev–Trinajstić information content (AvgIpc) is 3.30. The molecule has 0 spiro atoms. The van der Waals surface area contributed by atoms with Gasteiger partial charge < -0.3 is 14.8 Å². The number of ether oxygens (including phenoxy) is 2. The van der Waals surface area contributed by atoms with Gasteiger partial charge in [0.2, 0.25) is 5.88 Å². The smallest absolute Gasteiger partial charge is 0.417 e. The highest BCUT2D eigenvalue weighted by atomic mass is 19.4. The van der Waals surface area contributed by atoms with Crippen LogP contribution in [0.15, 0.2) is 48.7 Å². The number of para-hydroxylation sites is 1. The Morgan fingerprint density at radius 2 is 1.88 bits per heavy atom. The summed E-state index contributed by atoms with van der Waals surface area (Å²) in [5.41, 5.74) is 0.931. The van der Waals surface area contributed by atoms with Gasteiger partial charge in [-0.25, -0.2) is 4.98 Å². The summed E-state index contributed by atoms with van der Waals surface area (Å²) in [5.74, 6) is 0.575. The molecule has 174 valence electrons. The number of benzene rings is 1. The molecule has 33 heavy (non-hydrogen) atoms. The fourth-order valence-electron chi connectivity index (χ4n) is 3.81. The van der Waals surface area contributed by atoms with Crippen molar-refractivity contribution in [1.82, 2.24) is 20.5 Å². The normalized spacial score (nSPS) is 18.5. The number of hydrogen-bond donors (Lipinski definition) is 2. The lowest BCUT2D eigenvalue weighted by atomic mass is 9.93. The molecule has 10 heteroatoms. The summed E-state index contributed by atoms with van der Waals surface area (Å²) < 4.78 is 49.0.